The Kier molecular flexibility index (Phi) is 8.31. The first-order valence-electron chi connectivity index (χ1n) is 9.42. The number of carbonyl (C=O) groups excluding carboxylic acids is 2. The predicted molar refractivity (Wildman–Crippen MR) is 106 cm³/mol. The fourth-order valence-corrected chi connectivity index (χ4v) is 3.61. The van der Waals surface area contributed by atoms with Crippen molar-refractivity contribution in [3.05, 3.63) is 30.1 Å². The van der Waals surface area contributed by atoms with E-state index in [1.807, 2.05) is 4.90 Å². The molecule has 2 fully saturated rings. The molecule has 3 N–H and O–H groups in total. The van der Waals surface area contributed by atoms with E-state index in [9.17, 15) is 14.0 Å². The Balaban J connectivity index is 0.00000261. The first-order chi connectivity index (χ1) is 12.6. The summed E-state index contributed by atoms with van der Waals surface area (Å²) in [6.07, 6.45) is 4.27. The number of benzene rings is 1. The van der Waals surface area contributed by atoms with Gasteiger partial charge in [0, 0.05) is 31.2 Å². The van der Waals surface area contributed by atoms with Crippen LogP contribution in [0.4, 0.5) is 14.9 Å². The van der Waals surface area contributed by atoms with Crippen LogP contribution in [0.15, 0.2) is 24.3 Å². The summed E-state index contributed by atoms with van der Waals surface area (Å²) in [7, 11) is 0. The van der Waals surface area contributed by atoms with E-state index in [1.54, 1.807) is 0 Å². The molecule has 150 valence electrons. The van der Waals surface area contributed by atoms with Gasteiger partial charge in [-0.3, -0.25) is 4.79 Å². The van der Waals surface area contributed by atoms with Crippen molar-refractivity contribution in [1.82, 2.24) is 15.5 Å². The zero-order chi connectivity index (χ0) is 18.4. The lowest BCUT2D eigenvalue weighted by molar-refractivity contribution is -0.132. The zero-order valence-corrected chi connectivity index (χ0v) is 16.2. The molecule has 0 radical (unpaired) electrons. The quantitative estimate of drug-likeness (QED) is 0.714. The van der Waals surface area contributed by atoms with E-state index in [-0.39, 0.29) is 36.2 Å². The van der Waals surface area contributed by atoms with Crippen molar-refractivity contribution in [2.45, 2.75) is 38.1 Å². The number of anilines is 1. The standard InChI is InChI=1S/C19H27FN4O2.ClH/c20-15-2-4-16(5-3-15)22-19(26)23-17-8-11-24(12-9-17)18(25)6-1-14-7-10-21-13-14;/h2-5,14,17,21H,1,6-13H2,(H2,22,23,26);1H. The first-order valence-corrected chi connectivity index (χ1v) is 9.42. The number of carbonyl (C=O) groups is 2. The summed E-state index contributed by atoms with van der Waals surface area (Å²) in [4.78, 5) is 26.3. The molecular weight excluding hydrogens is 371 g/mol. The van der Waals surface area contributed by atoms with Crippen LogP contribution >= 0.6 is 12.4 Å². The van der Waals surface area contributed by atoms with Gasteiger partial charge in [-0.15, -0.1) is 12.4 Å². The van der Waals surface area contributed by atoms with Crippen LogP contribution in [0.25, 0.3) is 0 Å². The van der Waals surface area contributed by atoms with Crippen LogP contribution in [0.3, 0.4) is 0 Å². The van der Waals surface area contributed by atoms with Gasteiger partial charge in [0.2, 0.25) is 5.91 Å². The predicted octanol–water partition coefficient (Wildman–Crippen LogP) is 2.75. The number of urea groups is 1. The topological polar surface area (TPSA) is 73.5 Å². The van der Waals surface area contributed by atoms with Crippen LogP contribution in [-0.4, -0.2) is 49.1 Å². The molecule has 0 bridgehead atoms. The van der Waals surface area contributed by atoms with E-state index in [0.29, 0.717) is 31.1 Å². The Morgan fingerprint density at radius 1 is 1.15 bits per heavy atom. The van der Waals surface area contributed by atoms with Gasteiger partial charge in [-0.1, -0.05) is 0 Å². The van der Waals surface area contributed by atoms with E-state index in [2.05, 4.69) is 16.0 Å². The molecule has 0 spiro atoms. The summed E-state index contributed by atoms with van der Waals surface area (Å²) in [6, 6.07) is 5.42. The van der Waals surface area contributed by atoms with Crippen molar-refractivity contribution < 1.29 is 14.0 Å². The van der Waals surface area contributed by atoms with Crippen molar-refractivity contribution >= 4 is 30.0 Å². The lowest BCUT2D eigenvalue weighted by atomic mass is 10.0. The summed E-state index contributed by atoms with van der Waals surface area (Å²) >= 11 is 0. The molecule has 0 aromatic heterocycles. The Labute approximate surface area is 165 Å². The summed E-state index contributed by atoms with van der Waals surface area (Å²) in [5, 5.41) is 8.96. The van der Waals surface area contributed by atoms with Crippen LogP contribution in [0, 0.1) is 11.7 Å². The highest BCUT2D eigenvalue weighted by molar-refractivity contribution is 5.89. The summed E-state index contributed by atoms with van der Waals surface area (Å²) in [5.41, 5.74) is 0.554. The van der Waals surface area contributed by atoms with Crippen molar-refractivity contribution in [2.75, 3.05) is 31.5 Å². The molecule has 3 rings (SSSR count). The molecule has 6 nitrogen and oxygen atoms in total. The van der Waals surface area contributed by atoms with Crippen molar-refractivity contribution in [2.24, 2.45) is 5.92 Å². The lowest BCUT2D eigenvalue weighted by Crippen LogP contribution is -2.47. The lowest BCUT2D eigenvalue weighted by Gasteiger charge is -2.32. The van der Waals surface area contributed by atoms with Crippen LogP contribution < -0.4 is 16.0 Å². The molecule has 2 heterocycles. The first kappa shape index (κ1) is 21.4. The number of hydrogen-bond acceptors (Lipinski definition) is 3. The van der Waals surface area contributed by atoms with Gasteiger partial charge in [-0.25, -0.2) is 9.18 Å². The molecule has 2 aliphatic rings. The molecular formula is C19H28ClFN4O2. The van der Waals surface area contributed by atoms with Crippen LogP contribution in [0.1, 0.15) is 32.1 Å². The van der Waals surface area contributed by atoms with Gasteiger partial charge >= 0.3 is 6.03 Å². The van der Waals surface area contributed by atoms with E-state index in [4.69, 9.17) is 0 Å². The molecule has 2 saturated heterocycles. The third-order valence-electron chi connectivity index (χ3n) is 5.21. The van der Waals surface area contributed by atoms with Crippen molar-refractivity contribution in [3.63, 3.8) is 0 Å². The second-order valence-electron chi connectivity index (χ2n) is 7.16. The average Bonchev–Trinajstić information content (AvgIpc) is 3.16. The summed E-state index contributed by atoms with van der Waals surface area (Å²) in [5.74, 6) is 0.525. The number of halogens is 2. The van der Waals surface area contributed by atoms with Gasteiger partial charge in [-0.05, 0) is 69.0 Å². The maximum Gasteiger partial charge on any atom is 0.319 e. The van der Waals surface area contributed by atoms with Crippen molar-refractivity contribution in [3.8, 4) is 0 Å². The molecule has 1 aromatic carbocycles. The second kappa shape index (κ2) is 10.5. The number of nitrogens with one attached hydrogen (secondary N) is 3. The van der Waals surface area contributed by atoms with E-state index >= 15 is 0 Å². The fourth-order valence-electron chi connectivity index (χ4n) is 3.61. The third kappa shape index (κ3) is 6.66. The molecule has 8 heteroatoms. The monoisotopic (exact) mass is 398 g/mol. The number of likely N-dealkylation sites (tertiary alicyclic amines) is 1. The Morgan fingerprint density at radius 2 is 1.85 bits per heavy atom. The summed E-state index contributed by atoms with van der Waals surface area (Å²) in [6.45, 7) is 3.46. The van der Waals surface area contributed by atoms with Crippen LogP contribution in [-0.2, 0) is 4.79 Å². The van der Waals surface area contributed by atoms with Crippen LogP contribution in [0.2, 0.25) is 0 Å². The fraction of sp³-hybridized carbons (Fsp3) is 0.579. The molecule has 3 amide bonds. The zero-order valence-electron chi connectivity index (χ0n) is 15.4. The minimum Gasteiger partial charge on any atom is -0.343 e. The Hall–Kier alpha value is -1.86. The second-order valence-corrected chi connectivity index (χ2v) is 7.16. The average molecular weight is 399 g/mol. The highest BCUT2D eigenvalue weighted by Gasteiger charge is 2.24. The number of rotatable bonds is 5. The molecule has 0 saturated carbocycles. The highest BCUT2D eigenvalue weighted by atomic mass is 35.5. The molecule has 0 aliphatic carbocycles. The van der Waals surface area contributed by atoms with Gasteiger partial charge in [0.05, 0.1) is 0 Å². The highest BCUT2D eigenvalue weighted by Crippen LogP contribution is 2.17. The van der Waals surface area contributed by atoms with E-state index in [1.165, 1.54) is 30.7 Å². The minimum atomic E-state index is -0.336. The molecule has 27 heavy (non-hydrogen) atoms. The van der Waals surface area contributed by atoms with Crippen molar-refractivity contribution in [1.29, 1.82) is 0 Å². The SMILES string of the molecule is Cl.O=C(Nc1ccc(F)cc1)NC1CCN(C(=O)CCC2CCNC2)CC1. The van der Waals surface area contributed by atoms with E-state index in [0.717, 1.165) is 32.4 Å². The van der Waals surface area contributed by atoms with E-state index < -0.39 is 0 Å². The normalized spacial score (nSPS) is 20.0. The summed E-state index contributed by atoms with van der Waals surface area (Å²) < 4.78 is 12.9. The van der Waals surface area contributed by atoms with Crippen LogP contribution in [0.5, 0.6) is 0 Å². The Bertz CT molecular complexity index is 615. The molecule has 2 aliphatic heterocycles. The molecule has 1 unspecified atom stereocenters. The number of hydrogen-bond donors (Lipinski definition) is 3. The van der Waals surface area contributed by atoms with Gasteiger partial charge in [0.15, 0.2) is 0 Å². The maximum absolute atomic E-state index is 12.9. The number of piperidine rings is 1. The van der Waals surface area contributed by atoms with Gasteiger partial charge in [-0.2, -0.15) is 0 Å². The van der Waals surface area contributed by atoms with Gasteiger partial charge in [0.25, 0.3) is 0 Å². The largest absolute Gasteiger partial charge is 0.343 e. The number of nitrogens with zero attached hydrogens (tertiary/aromatic N) is 1. The molecule has 1 aromatic rings. The maximum atomic E-state index is 12.9. The molecule has 1 atom stereocenters. The van der Waals surface area contributed by atoms with Gasteiger partial charge < -0.3 is 20.9 Å². The van der Waals surface area contributed by atoms with Gasteiger partial charge in [0.1, 0.15) is 5.82 Å². The smallest absolute Gasteiger partial charge is 0.319 e. The minimum absolute atomic E-state index is 0. The third-order valence-corrected chi connectivity index (χ3v) is 5.21. The Morgan fingerprint density at radius 3 is 2.48 bits per heavy atom. The number of amides is 3.